The van der Waals surface area contributed by atoms with E-state index in [1.807, 2.05) is 44.2 Å². The molecule has 0 atom stereocenters. The SMILES string of the molecule is Cc1cccc(C)c1NS(=O)(=O)c1ccc(NC(=O)COc2ccc(Br)cc2Br)cc1. The fourth-order valence-corrected chi connectivity index (χ4v) is 5.18. The van der Waals surface area contributed by atoms with Gasteiger partial charge >= 0.3 is 0 Å². The first-order chi connectivity index (χ1) is 14.7. The molecule has 0 bridgehead atoms. The molecule has 0 aliphatic rings. The lowest BCUT2D eigenvalue weighted by Crippen LogP contribution is -2.20. The van der Waals surface area contributed by atoms with Crippen LogP contribution in [0.15, 0.2) is 74.5 Å². The Morgan fingerprint density at radius 1 is 0.968 bits per heavy atom. The fraction of sp³-hybridized carbons (Fsp3) is 0.136. The summed E-state index contributed by atoms with van der Waals surface area (Å²) in [5.74, 6) is 0.177. The molecular formula is C22H20Br2N2O4S. The van der Waals surface area contributed by atoms with Crippen LogP contribution in [-0.4, -0.2) is 20.9 Å². The largest absolute Gasteiger partial charge is 0.483 e. The Balaban J connectivity index is 1.63. The van der Waals surface area contributed by atoms with Crippen LogP contribution in [0.5, 0.6) is 5.75 Å². The van der Waals surface area contributed by atoms with Crippen molar-refractivity contribution in [2.75, 3.05) is 16.6 Å². The van der Waals surface area contributed by atoms with Gasteiger partial charge in [-0.05, 0) is 83.4 Å². The van der Waals surface area contributed by atoms with E-state index >= 15 is 0 Å². The second-order valence-corrected chi connectivity index (χ2v) is 10.3. The number of sulfonamides is 1. The zero-order valence-corrected chi connectivity index (χ0v) is 20.8. The number of carbonyl (C=O) groups is 1. The van der Waals surface area contributed by atoms with E-state index in [2.05, 4.69) is 41.9 Å². The second-order valence-electron chi connectivity index (χ2n) is 6.81. The topological polar surface area (TPSA) is 84.5 Å². The molecule has 0 heterocycles. The first-order valence-electron chi connectivity index (χ1n) is 9.22. The number of rotatable bonds is 7. The van der Waals surface area contributed by atoms with E-state index in [-0.39, 0.29) is 17.4 Å². The van der Waals surface area contributed by atoms with Gasteiger partial charge in [-0.3, -0.25) is 9.52 Å². The highest BCUT2D eigenvalue weighted by Crippen LogP contribution is 2.28. The van der Waals surface area contributed by atoms with E-state index in [0.717, 1.165) is 20.1 Å². The third-order valence-corrected chi connectivity index (χ3v) is 6.90. The van der Waals surface area contributed by atoms with Crippen LogP contribution >= 0.6 is 31.9 Å². The predicted molar refractivity (Wildman–Crippen MR) is 129 cm³/mol. The minimum atomic E-state index is -3.75. The summed E-state index contributed by atoms with van der Waals surface area (Å²) in [6.45, 7) is 3.51. The van der Waals surface area contributed by atoms with Crippen LogP contribution in [0, 0.1) is 13.8 Å². The molecule has 0 radical (unpaired) electrons. The lowest BCUT2D eigenvalue weighted by Gasteiger charge is -2.13. The van der Waals surface area contributed by atoms with Crippen LogP contribution in [0.25, 0.3) is 0 Å². The first kappa shape index (κ1) is 23.3. The minimum absolute atomic E-state index is 0.100. The van der Waals surface area contributed by atoms with E-state index in [4.69, 9.17) is 4.74 Å². The number of para-hydroxylation sites is 1. The Hall–Kier alpha value is -2.36. The lowest BCUT2D eigenvalue weighted by molar-refractivity contribution is -0.118. The van der Waals surface area contributed by atoms with Crippen LogP contribution in [0.3, 0.4) is 0 Å². The average Bonchev–Trinajstić information content (AvgIpc) is 2.71. The van der Waals surface area contributed by atoms with Crippen LogP contribution in [0.1, 0.15) is 11.1 Å². The third kappa shape index (κ3) is 6.09. The van der Waals surface area contributed by atoms with Crippen LogP contribution in [0.4, 0.5) is 11.4 Å². The summed E-state index contributed by atoms with van der Waals surface area (Å²) < 4.78 is 35.2. The molecule has 0 unspecified atom stereocenters. The molecule has 0 saturated carbocycles. The maximum absolute atomic E-state index is 12.7. The van der Waals surface area contributed by atoms with Crippen molar-refractivity contribution >= 4 is 59.2 Å². The van der Waals surface area contributed by atoms with E-state index in [1.165, 1.54) is 24.3 Å². The maximum Gasteiger partial charge on any atom is 0.262 e. The number of carbonyl (C=O) groups excluding carboxylic acids is 1. The summed E-state index contributed by atoms with van der Waals surface area (Å²) in [4.78, 5) is 12.3. The van der Waals surface area contributed by atoms with Crippen molar-refractivity contribution in [3.05, 3.63) is 80.7 Å². The summed E-state index contributed by atoms with van der Waals surface area (Å²) in [7, 11) is -3.75. The minimum Gasteiger partial charge on any atom is -0.483 e. The number of hydrogen-bond donors (Lipinski definition) is 2. The Kier molecular flexibility index (Phi) is 7.40. The highest BCUT2D eigenvalue weighted by molar-refractivity contribution is 9.11. The number of hydrogen-bond acceptors (Lipinski definition) is 4. The van der Waals surface area contributed by atoms with Crippen LogP contribution < -0.4 is 14.8 Å². The normalized spacial score (nSPS) is 11.1. The second kappa shape index (κ2) is 9.84. The van der Waals surface area contributed by atoms with Crippen molar-refractivity contribution in [1.29, 1.82) is 0 Å². The van der Waals surface area contributed by atoms with Gasteiger partial charge in [0.1, 0.15) is 5.75 Å². The number of nitrogens with one attached hydrogen (secondary N) is 2. The molecule has 0 aliphatic heterocycles. The van der Waals surface area contributed by atoms with Gasteiger partial charge < -0.3 is 10.1 Å². The van der Waals surface area contributed by atoms with Gasteiger partial charge in [0.05, 0.1) is 15.1 Å². The Bertz CT molecular complexity index is 1190. The van der Waals surface area contributed by atoms with Crippen LogP contribution in [0.2, 0.25) is 0 Å². The number of aryl methyl sites for hydroxylation is 2. The van der Waals surface area contributed by atoms with E-state index in [1.54, 1.807) is 6.07 Å². The molecule has 3 aromatic rings. The summed E-state index contributed by atoms with van der Waals surface area (Å²) in [5.41, 5.74) is 2.71. The van der Waals surface area contributed by atoms with Gasteiger partial charge in [0.15, 0.2) is 6.61 Å². The summed E-state index contributed by atoms with van der Waals surface area (Å²) >= 11 is 6.73. The highest BCUT2D eigenvalue weighted by Gasteiger charge is 2.17. The van der Waals surface area contributed by atoms with Gasteiger partial charge in [-0.25, -0.2) is 8.42 Å². The highest BCUT2D eigenvalue weighted by atomic mass is 79.9. The Labute approximate surface area is 198 Å². The average molecular weight is 568 g/mol. The molecule has 0 aromatic heterocycles. The summed E-state index contributed by atoms with van der Waals surface area (Å²) in [6, 6.07) is 16.9. The van der Waals surface area contributed by atoms with Crippen molar-refractivity contribution in [3.8, 4) is 5.75 Å². The fourth-order valence-electron chi connectivity index (χ4n) is 2.82. The van der Waals surface area contributed by atoms with Crippen molar-refractivity contribution < 1.29 is 17.9 Å². The van der Waals surface area contributed by atoms with E-state index < -0.39 is 10.0 Å². The Morgan fingerprint density at radius 2 is 1.61 bits per heavy atom. The molecule has 0 saturated heterocycles. The summed E-state index contributed by atoms with van der Waals surface area (Å²) in [6.07, 6.45) is 0. The van der Waals surface area contributed by atoms with E-state index in [0.29, 0.717) is 17.1 Å². The molecule has 0 aliphatic carbocycles. The molecule has 9 heteroatoms. The van der Waals surface area contributed by atoms with Crippen LogP contribution in [-0.2, 0) is 14.8 Å². The van der Waals surface area contributed by atoms with Crippen molar-refractivity contribution in [3.63, 3.8) is 0 Å². The molecule has 0 fully saturated rings. The predicted octanol–water partition coefficient (Wildman–Crippen LogP) is 5.65. The van der Waals surface area contributed by atoms with Crippen molar-refractivity contribution in [2.24, 2.45) is 0 Å². The number of benzene rings is 3. The molecular weight excluding hydrogens is 548 g/mol. The standard InChI is InChI=1S/C22H20Br2N2O4S/c1-14-4-3-5-15(2)22(14)26-31(28,29)18-9-7-17(8-10-18)25-21(27)13-30-20-11-6-16(23)12-19(20)24/h3-12,26H,13H2,1-2H3,(H,25,27). The first-order valence-corrected chi connectivity index (χ1v) is 12.3. The lowest BCUT2D eigenvalue weighted by atomic mass is 10.1. The Morgan fingerprint density at radius 3 is 2.23 bits per heavy atom. The third-order valence-electron chi connectivity index (χ3n) is 4.42. The molecule has 3 rings (SSSR count). The van der Waals surface area contributed by atoms with Gasteiger partial charge in [-0.15, -0.1) is 0 Å². The van der Waals surface area contributed by atoms with Crippen molar-refractivity contribution in [1.82, 2.24) is 0 Å². The monoisotopic (exact) mass is 566 g/mol. The van der Waals surface area contributed by atoms with Gasteiger partial charge in [0.2, 0.25) is 0 Å². The molecule has 3 aromatic carbocycles. The smallest absolute Gasteiger partial charge is 0.262 e. The molecule has 1 amide bonds. The van der Waals surface area contributed by atoms with Gasteiger partial charge in [-0.2, -0.15) is 0 Å². The zero-order chi connectivity index (χ0) is 22.6. The van der Waals surface area contributed by atoms with Gasteiger partial charge in [0.25, 0.3) is 15.9 Å². The molecule has 0 spiro atoms. The molecule has 31 heavy (non-hydrogen) atoms. The summed E-state index contributed by atoms with van der Waals surface area (Å²) in [5, 5.41) is 2.69. The zero-order valence-electron chi connectivity index (χ0n) is 16.8. The molecule has 2 N–H and O–H groups in total. The molecule has 162 valence electrons. The number of anilines is 2. The number of amides is 1. The maximum atomic E-state index is 12.7. The van der Waals surface area contributed by atoms with E-state index in [9.17, 15) is 13.2 Å². The number of halogens is 2. The van der Waals surface area contributed by atoms with Gasteiger partial charge in [0, 0.05) is 10.2 Å². The van der Waals surface area contributed by atoms with Gasteiger partial charge in [-0.1, -0.05) is 34.1 Å². The van der Waals surface area contributed by atoms with Crippen molar-refractivity contribution in [2.45, 2.75) is 18.7 Å². The quantitative estimate of drug-likeness (QED) is 0.386. The number of ether oxygens (including phenoxy) is 1. The molecule has 6 nitrogen and oxygen atoms in total.